The molecule has 1 aromatic rings. The number of anilines is 1. The molecule has 1 saturated carbocycles. The summed E-state index contributed by atoms with van der Waals surface area (Å²) >= 11 is 2.65. The van der Waals surface area contributed by atoms with E-state index in [2.05, 4.69) is 29.4 Å². The van der Waals surface area contributed by atoms with Gasteiger partial charge in [-0.15, -0.1) is 10.2 Å². The molecule has 0 aromatic carbocycles. The van der Waals surface area contributed by atoms with Crippen molar-refractivity contribution in [2.24, 2.45) is 11.8 Å². The van der Waals surface area contributed by atoms with Gasteiger partial charge in [-0.05, 0) is 31.1 Å². The number of thioether (sulfide) groups is 1. The minimum atomic E-state index is -0.829. The number of carboxylic acids is 1. The molecule has 3 unspecified atom stereocenters. The molecule has 1 aromatic heterocycles. The maximum Gasteiger partial charge on any atom is 0.313 e. The van der Waals surface area contributed by atoms with Crippen LogP contribution in [0.4, 0.5) is 5.13 Å². The summed E-state index contributed by atoms with van der Waals surface area (Å²) in [5.41, 5.74) is 0. The molecule has 1 aliphatic carbocycles. The van der Waals surface area contributed by atoms with E-state index in [1.165, 1.54) is 42.4 Å². The lowest BCUT2D eigenvalue weighted by molar-refractivity contribution is -0.133. The first-order valence-electron chi connectivity index (χ1n) is 6.49. The van der Waals surface area contributed by atoms with Crippen molar-refractivity contribution >= 4 is 34.2 Å². The molecule has 0 radical (unpaired) electrons. The predicted octanol–water partition coefficient (Wildman–Crippen LogP) is 2.95. The van der Waals surface area contributed by atoms with Crippen LogP contribution in [0.25, 0.3) is 0 Å². The van der Waals surface area contributed by atoms with Gasteiger partial charge in [0, 0.05) is 6.04 Å². The van der Waals surface area contributed by atoms with Crippen LogP contribution < -0.4 is 5.32 Å². The van der Waals surface area contributed by atoms with Gasteiger partial charge in [-0.3, -0.25) is 4.79 Å². The highest BCUT2D eigenvalue weighted by atomic mass is 32.2. The fourth-order valence-corrected chi connectivity index (χ4v) is 3.85. The van der Waals surface area contributed by atoms with Crippen molar-refractivity contribution < 1.29 is 9.90 Å². The van der Waals surface area contributed by atoms with Crippen LogP contribution in [-0.2, 0) is 4.79 Å². The van der Waals surface area contributed by atoms with E-state index in [1.54, 1.807) is 0 Å². The maximum absolute atomic E-state index is 10.5. The number of nitrogens with zero attached hydrogens (tertiary/aromatic N) is 2. The smallest absolute Gasteiger partial charge is 0.313 e. The van der Waals surface area contributed by atoms with E-state index >= 15 is 0 Å². The third-order valence-electron chi connectivity index (χ3n) is 3.65. The molecular weight excluding hydrogens is 282 g/mol. The molecule has 0 aliphatic heterocycles. The van der Waals surface area contributed by atoms with E-state index in [9.17, 15) is 4.79 Å². The van der Waals surface area contributed by atoms with Crippen LogP contribution in [0.3, 0.4) is 0 Å². The van der Waals surface area contributed by atoms with E-state index in [0.717, 1.165) is 17.0 Å². The van der Waals surface area contributed by atoms with Gasteiger partial charge in [-0.1, -0.05) is 36.9 Å². The lowest BCUT2D eigenvalue weighted by atomic mass is 9.79. The average molecular weight is 301 g/mol. The summed E-state index contributed by atoms with van der Waals surface area (Å²) < 4.78 is 0.710. The number of aliphatic carboxylic acids is 1. The first-order valence-corrected chi connectivity index (χ1v) is 8.29. The zero-order valence-electron chi connectivity index (χ0n) is 11.1. The number of hydrogen-bond donors (Lipinski definition) is 2. The number of carbonyl (C=O) groups is 1. The highest BCUT2D eigenvalue weighted by molar-refractivity contribution is 8.01. The van der Waals surface area contributed by atoms with Crippen molar-refractivity contribution in [3.05, 3.63) is 0 Å². The van der Waals surface area contributed by atoms with Crippen molar-refractivity contribution in [1.82, 2.24) is 10.2 Å². The standard InChI is InChI=1S/C12H19N3O2S2/c1-7-3-4-9(5-8(7)2)13-11-14-15-12(19-11)18-6-10(16)17/h7-9H,3-6H2,1-2H3,(H,13,14)(H,16,17). The van der Waals surface area contributed by atoms with Gasteiger partial charge >= 0.3 is 5.97 Å². The molecule has 106 valence electrons. The fraction of sp³-hybridized carbons (Fsp3) is 0.750. The highest BCUT2D eigenvalue weighted by Crippen LogP contribution is 2.32. The lowest BCUT2D eigenvalue weighted by Crippen LogP contribution is -2.30. The van der Waals surface area contributed by atoms with E-state index in [4.69, 9.17) is 5.11 Å². The predicted molar refractivity (Wildman–Crippen MR) is 77.9 cm³/mol. The van der Waals surface area contributed by atoms with E-state index in [1.807, 2.05) is 0 Å². The van der Waals surface area contributed by atoms with Gasteiger partial charge in [-0.25, -0.2) is 0 Å². The van der Waals surface area contributed by atoms with Crippen molar-refractivity contribution in [2.45, 2.75) is 43.5 Å². The van der Waals surface area contributed by atoms with Crippen LogP contribution in [0.5, 0.6) is 0 Å². The minimum Gasteiger partial charge on any atom is -0.481 e. The molecular formula is C12H19N3O2S2. The minimum absolute atomic E-state index is 0.0343. The summed E-state index contributed by atoms with van der Waals surface area (Å²) in [6, 6.07) is 0.469. The van der Waals surface area contributed by atoms with Crippen LogP contribution in [0, 0.1) is 11.8 Å². The van der Waals surface area contributed by atoms with Gasteiger partial charge in [0.1, 0.15) is 0 Å². The normalized spacial score (nSPS) is 27.2. The summed E-state index contributed by atoms with van der Waals surface area (Å²) in [6.45, 7) is 4.61. The molecule has 2 rings (SSSR count). The van der Waals surface area contributed by atoms with Gasteiger partial charge in [0.15, 0.2) is 4.34 Å². The van der Waals surface area contributed by atoms with Gasteiger partial charge in [0.05, 0.1) is 5.75 Å². The number of hydrogen-bond acceptors (Lipinski definition) is 6. The molecule has 2 N–H and O–H groups in total. The maximum atomic E-state index is 10.5. The molecule has 1 heterocycles. The molecule has 3 atom stereocenters. The molecule has 0 bridgehead atoms. The average Bonchev–Trinajstić information content (AvgIpc) is 2.79. The molecule has 0 spiro atoms. The second kappa shape index (κ2) is 6.56. The summed E-state index contributed by atoms with van der Waals surface area (Å²) in [5.74, 6) is 0.742. The zero-order valence-corrected chi connectivity index (χ0v) is 12.8. The second-order valence-corrected chi connectivity index (χ2v) is 7.36. The van der Waals surface area contributed by atoms with Gasteiger partial charge in [-0.2, -0.15) is 0 Å². The Morgan fingerprint density at radius 2 is 2.21 bits per heavy atom. The first kappa shape index (κ1) is 14.6. The first-order chi connectivity index (χ1) is 9.04. The van der Waals surface area contributed by atoms with Gasteiger partial charge in [0.25, 0.3) is 0 Å². The Hall–Kier alpha value is -0.820. The molecule has 0 saturated heterocycles. The van der Waals surface area contributed by atoms with Crippen LogP contribution >= 0.6 is 23.1 Å². The largest absolute Gasteiger partial charge is 0.481 e. The number of nitrogens with one attached hydrogen (secondary N) is 1. The van der Waals surface area contributed by atoms with Crippen molar-refractivity contribution in [3.8, 4) is 0 Å². The van der Waals surface area contributed by atoms with Crippen LogP contribution in [0.2, 0.25) is 0 Å². The Kier molecular flexibility index (Phi) is 5.04. The fourth-order valence-electron chi connectivity index (χ4n) is 2.30. The summed E-state index contributed by atoms with van der Waals surface area (Å²) in [5, 5.41) is 20.9. The van der Waals surface area contributed by atoms with Crippen LogP contribution in [0.1, 0.15) is 33.1 Å². The Labute approximate surface area is 121 Å². The Bertz CT molecular complexity index is 438. The Morgan fingerprint density at radius 3 is 2.89 bits per heavy atom. The third kappa shape index (κ3) is 4.35. The molecule has 1 fully saturated rings. The summed E-state index contributed by atoms with van der Waals surface area (Å²) in [6.07, 6.45) is 3.58. The number of aromatic nitrogens is 2. The van der Waals surface area contributed by atoms with Crippen LogP contribution in [-0.4, -0.2) is 33.1 Å². The third-order valence-corrected chi connectivity index (χ3v) is 5.62. The summed E-state index contributed by atoms with van der Waals surface area (Å²) in [4.78, 5) is 10.5. The van der Waals surface area contributed by atoms with E-state index in [-0.39, 0.29) is 5.75 Å². The van der Waals surface area contributed by atoms with Crippen LogP contribution in [0.15, 0.2) is 4.34 Å². The van der Waals surface area contributed by atoms with Gasteiger partial charge < -0.3 is 10.4 Å². The zero-order chi connectivity index (χ0) is 13.8. The lowest BCUT2D eigenvalue weighted by Gasteiger charge is -2.32. The molecule has 1 aliphatic rings. The number of rotatable bonds is 5. The summed E-state index contributed by atoms with van der Waals surface area (Å²) in [7, 11) is 0. The molecule has 19 heavy (non-hydrogen) atoms. The quantitative estimate of drug-likeness (QED) is 0.814. The Balaban J connectivity index is 1.84. The van der Waals surface area contributed by atoms with Crippen molar-refractivity contribution in [1.29, 1.82) is 0 Å². The second-order valence-electron chi connectivity index (χ2n) is 5.16. The SMILES string of the molecule is CC1CCC(Nc2nnc(SCC(=O)O)s2)CC1C. The highest BCUT2D eigenvalue weighted by Gasteiger charge is 2.25. The Morgan fingerprint density at radius 1 is 1.42 bits per heavy atom. The number of carboxylic acid groups (broad SMARTS) is 1. The van der Waals surface area contributed by atoms with Gasteiger partial charge in [0.2, 0.25) is 5.13 Å². The molecule has 0 amide bonds. The topological polar surface area (TPSA) is 75.1 Å². The van der Waals surface area contributed by atoms with Crippen molar-refractivity contribution in [3.63, 3.8) is 0 Å². The van der Waals surface area contributed by atoms with Crippen molar-refractivity contribution in [2.75, 3.05) is 11.1 Å². The molecule has 5 nitrogen and oxygen atoms in total. The monoisotopic (exact) mass is 301 g/mol. The van der Waals surface area contributed by atoms with E-state index < -0.39 is 5.97 Å². The molecule has 7 heteroatoms. The van der Waals surface area contributed by atoms with E-state index in [0.29, 0.717) is 10.4 Å².